The van der Waals surface area contributed by atoms with E-state index in [4.69, 9.17) is 4.98 Å². The summed E-state index contributed by atoms with van der Waals surface area (Å²) in [5, 5.41) is 10.6. The van der Waals surface area contributed by atoms with Crippen LogP contribution in [0, 0.1) is 17.7 Å². The van der Waals surface area contributed by atoms with Gasteiger partial charge in [0.15, 0.2) is 11.6 Å². The van der Waals surface area contributed by atoms with Crippen LogP contribution >= 0.6 is 0 Å². The van der Waals surface area contributed by atoms with Gasteiger partial charge in [0.25, 0.3) is 0 Å². The monoisotopic (exact) mass is 742 g/mol. The maximum absolute atomic E-state index is 15.1. The fourth-order valence-electron chi connectivity index (χ4n) is 4.70. The van der Waals surface area contributed by atoms with Crippen molar-refractivity contribution in [2.45, 2.75) is 52.4 Å². The predicted molar refractivity (Wildman–Crippen MR) is 162 cm³/mol. The molecule has 3 aromatic carbocycles. The first-order chi connectivity index (χ1) is 19.3. The average molecular weight is 743 g/mol. The van der Waals surface area contributed by atoms with E-state index in [1.165, 1.54) is 0 Å². The number of aromatic hydroxyl groups is 1. The summed E-state index contributed by atoms with van der Waals surface area (Å²) in [6, 6.07) is 26.8. The van der Waals surface area contributed by atoms with Crippen molar-refractivity contribution in [2.75, 3.05) is 0 Å². The molecule has 0 saturated heterocycles. The largest absolute Gasteiger partial charge is 0.504 e. The number of aromatic nitrogens is 2. The van der Waals surface area contributed by atoms with E-state index in [1.807, 2.05) is 42.5 Å². The number of hydrogen-bond donors (Lipinski definition) is 1. The first kappa shape index (κ1) is 31.2. The van der Waals surface area contributed by atoms with E-state index in [1.54, 1.807) is 12.3 Å². The van der Waals surface area contributed by atoms with Gasteiger partial charge in [-0.2, -0.15) is 0 Å². The summed E-state index contributed by atoms with van der Waals surface area (Å²) in [6.07, 6.45) is 1.72. The second-order valence-electron chi connectivity index (χ2n) is 12.4. The molecule has 5 aromatic rings. The first-order valence-electron chi connectivity index (χ1n) is 13.6. The number of hydrogen-bond acceptors (Lipinski definition) is 3. The molecule has 0 saturated carbocycles. The Bertz CT molecular complexity index is 1710. The Kier molecular flexibility index (Phi) is 8.85. The molecule has 0 bridgehead atoms. The molecule has 42 heavy (non-hydrogen) atoms. The quantitative estimate of drug-likeness (QED) is 0.187. The van der Waals surface area contributed by atoms with Crippen LogP contribution in [0.5, 0.6) is 5.75 Å². The van der Waals surface area contributed by atoms with Crippen LogP contribution < -0.4 is 0 Å². The minimum absolute atomic E-state index is 0. The van der Waals surface area contributed by atoms with Crippen LogP contribution in [0.25, 0.3) is 44.9 Å². The van der Waals surface area contributed by atoms with E-state index in [2.05, 4.69) is 70.8 Å². The van der Waals surface area contributed by atoms with Crippen molar-refractivity contribution >= 4 is 0 Å². The molecule has 2 heterocycles. The van der Waals surface area contributed by atoms with Crippen LogP contribution in [0.1, 0.15) is 52.7 Å². The van der Waals surface area contributed by atoms with Crippen molar-refractivity contribution in [3.63, 3.8) is 0 Å². The summed E-state index contributed by atoms with van der Waals surface area (Å²) in [7, 11) is 0. The van der Waals surface area contributed by atoms with E-state index in [0.29, 0.717) is 11.3 Å². The van der Waals surface area contributed by atoms with Crippen molar-refractivity contribution in [1.29, 1.82) is 0 Å². The molecule has 0 aliphatic heterocycles. The smallest absolute Gasteiger partial charge is 0.165 e. The predicted octanol–water partition coefficient (Wildman–Crippen LogP) is 9.52. The number of phenolic OH excluding ortho intramolecular Hbond substituents is 1. The molecule has 0 amide bonds. The van der Waals surface area contributed by atoms with E-state index < -0.39 is 17.4 Å². The Labute approximate surface area is 261 Å². The van der Waals surface area contributed by atoms with E-state index in [0.717, 1.165) is 45.6 Å². The summed E-state index contributed by atoms with van der Waals surface area (Å²) >= 11 is 0. The summed E-state index contributed by atoms with van der Waals surface area (Å²) in [5.41, 5.74) is 6.32. The van der Waals surface area contributed by atoms with Crippen LogP contribution in [0.2, 0.25) is 0 Å². The Morgan fingerprint density at radius 1 is 0.643 bits per heavy atom. The van der Waals surface area contributed by atoms with Gasteiger partial charge in [0.05, 0.1) is 11.3 Å². The zero-order chi connectivity index (χ0) is 29.5. The Morgan fingerprint density at radius 2 is 1.21 bits per heavy atom. The molecule has 0 radical (unpaired) electrons. The van der Waals surface area contributed by atoms with E-state index >= 15 is 4.39 Å². The van der Waals surface area contributed by atoms with Gasteiger partial charge in [-0.25, -0.2) is 8.78 Å². The Balaban J connectivity index is 0.00000405. The molecule has 6 heteroatoms. The van der Waals surface area contributed by atoms with Crippen molar-refractivity contribution in [1.82, 2.24) is 9.97 Å². The third kappa shape index (κ3) is 6.52. The number of phenols is 1. The molecule has 3 nitrogen and oxygen atoms in total. The van der Waals surface area contributed by atoms with Crippen molar-refractivity contribution in [3.8, 4) is 50.6 Å². The molecule has 0 spiro atoms. The maximum Gasteiger partial charge on any atom is 0.165 e. The minimum atomic E-state index is -0.913. The fraction of sp³-hybridized carbons (Fsp3) is 0.222. The van der Waals surface area contributed by atoms with Gasteiger partial charge in [-0.1, -0.05) is 89.1 Å². The van der Waals surface area contributed by atoms with E-state index in [-0.39, 0.29) is 43.2 Å². The van der Waals surface area contributed by atoms with Gasteiger partial charge >= 0.3 is 0 Å². The Hall–Kier alpha value is -3.69. The van der Waals surface area contributed by atoms with Gasteiger partial charge < -0.3 is 5.11 Å². The molecular formula is C36H33F2N2OPt-. The fourth-order valence-corrected chi connectivity index (χ4v) is 4.70. The van der Waals surface area contributed by atoms with Crippen LogP contribution in [0.3, 0.4) is 0 Å². The topological polar surface area (TPSA) is 46.0 Å². The van der Waals surface area contributed by atoms with Gasteiger partial charge in [-0.05, 0) is 57.3 Å². The van der Waals surface area contributed by atoms with Gasteiger partial charge in [0.2, 0.25) is 0 Å². The molecule has 0 aliphatic rings. The molecule has 1 N–H and O–H groups in total. The molecule has 0 atom stereocenters. The summed E-state index contributed by atoms with van der Waals surface area (Å²) in [4.78, 5) is 9.16. The zero-order valence-corrected chi connectivity index (χ0v) is 26.8. The summed E-state index contributed by atoms with van der Waals surface area (Å²) in [5.74, 6) is -2.45. The van der Waals surface area contributed by atoms with Gasteiger partial charge in [0, 0.05) is 38.6 Å². The molecule has 0 unspecified atom stereocenters. The summed E-state index contributed by atoms with van der Waals surface area (Å²) < 4.78 is 29.6. The normalized spacial score (nSPS) is 11.7. The number of rotatable bonds is 4. The van der Waals surface area contributed by atoms with Crippen molar-refractivity contribution in [2.24, 2.45) is 0 Å². The Morgan fingerprint density at radius 3 is 1.81 bits per heavy atom. The van der Waals surface area contributed by atoms with Crippen molar-refractivity contribution < 1.29 is 35.0 Å². The van der Waals surface area contributed by atoms with Crippen molar-refractivity contribution in [3.05, 3.63) is 114 Å². The second kappa shape index (κ2) is 11.9. The maximum atomic E-state index is 15.1. The van der Waals surface area contributed by atoms with Crippen LogP contribution in [-0.4, -0.2) is 15.1 Å². The molecular weight excluding hydrogens is 709 g/mol. The van der Waals surface area contributed by atoms with E-state index in [9.17, 15) is 9.50 Å². The molecule has 5 rings (SSSR count). The van der Waals surface area contributed by atoms with Gasteiger partial charge in [-0.15, -0.1) is 24.3 Å². The third-order valence-electron chi connectivity index (χ3n) is 7.17. The molecule has 0 fully saturated rings. The SMILES string of the molecule is CC(C)(C)c1cc(-c2cc(-c3[c-]c(-c4ccccn4)ccc3)nc(-c3c(F)ccc(F)c3O)c2)cc(C(C)(C)C)c1.[Pt]. The standard InChI is InChI=1S/C36H33F2N2O.Pt/c1-35(2,3)26-17-24(18-27(21-26)36(4,5)6)25-19-31(23-11-9-10-22(16-23)30-12-7-8-15-39-30)40-32(20-25)33-28(37)13-14-29(38)34(33)41;/h7-15,17-21,41H,1-6H3;/q-1;. The molecule has 218 valence electrons. The zero-order valence-electron chi connectivity index (χ0n) is 24.5. The molecule has 2 aromatic heterocycles. The number of benzene rings is 3. The minimum Gasteiger partial charge on any atom is -0.504 e. The van der Waals surface area contributed by atoms with Crippen LogP contribution in [0.4, 0.5) is 8.78 Å². The third-order valence-corrected chi connectivity index (χ3v) is 7.17. The number of pyridine rings is 2. The number of nitrogens with zero attached hydrogens (tertiary/aromatic N) is 2. The number of halogens is 2. The average Bonchev–Trinajstić information content (AvgIpc) is 2.94. The van der Waals surface area contributed by atoms with Crippen LogP contribution in [0.15, 0.2) is 85.1 Å². The molecule has 0 aliphatic carbocycles. The summed E-state index contributed by atoms with van der Waals surface area (Å²) in [6.45, 7) is 13.0. The van der Waals surface area contributed by atoms with Gasteiger partial charge in [-0.3, -0.25) is 9.97 Å². The van der Waals surface area contributed by atoms with Gasteiger partial charge in [0.1, 0.15) is 5.82 Å². The second-order valence-corrected chi connectivity index (χ2v) is 12.4. The van der Waals surface area contributed by atoms with Crippen LogP contribution in [-0.2, 0) is 31.9 Å². The first-order valence-corrected chi connectivity index (χ1v) is 13.6.